The maximum absolute atomic E-state index is 7.12. The van der Waals surface area contributed by atoms with Crippen LogP contribution in [-0.4, -0.2) is 19.8 Å². The summed E-state index contributed by atoms with van der Waals surface area (Å²) in [5.74, 6) is 2.64. The van der Waals surface area contributed by atoms with Gasteiger partial charge in [0.05, 0.1) is 36.5 Å². The minimum atomic E-state index is 0.661. The van der Waals surface area contributed by atoms with Crippen molar-refractivity contribution in [3.63, 3.8) is 0 Å². The zero-order valence-electron chi connectivity index (χ0n) is 36.5. The normalized spacial score (nSPS) is 11.2. The highest BCUT2D eigenvalue weighted by atomic mass is 16.5. The molecule has 0 bridgehead atoms. The number of rotatable bonds is 33. The molecule has 0 N–H and O–H groups in total. The van der Waals surface area contributed by atoms with Crippen molar-refractivity contribution in [1.29, 1.82) is 0 Å². The zero-order chi connectivity index (χ0) is 40.0. The topological polar surface area (TPSA) is 27.7 Å². The minimum Gasteiger partial charge on any atom is -0.492 e. The molecule has 0 aliphatic rings. The van der Waals surface area contributed by atoms with Gasteiger partial charge in [0.1, 0.15) is 17.2 Å². The lowest BCUT2D eigenvalue weighted by atomic mass is 9.89. The van der Waals surface area contributed by atoms with E-state index in [1.54, 1.807) is 0 Å². The summed E-state index contributed by atoms with van der Waals surface area (Å²) in [5.41, 5.74) is 6.43. The summed E-state index contributed by atoms with van der Waals surface area (Å²) in [7, 11) is 0. The van der Waals surface area contributed by atoms with Gasteiger partial charge in [-0.2, -0.15) is 0 Å². The standard InChI is InChI=1S/C54H78O3/c1-4-7-10-13-16-19-22-34-43-55-52-49(46-37-28-25-29-38-46)53(56-44-35-23-20-17-14-11-8-5-2)51(48-41-32-27-33-42-48)54(50(52)47-39-30-26-31-40-47)57-45-36-24-21-18-15-12-9-6-3/h25-33,37-42H,4-24,34-36,43-45H2,1-3H3. The summed E-state index contributed by atoms with van der Waals surface area (Å²) >= 11 is 0. The lowest BCUT2D eigenvalue weighted by molar-refractivity contribution is 0.280. The van der Waals surface area contributed by atoms with E-state index in [0.29, 0.717) is 19.8 Å². The molecule has 4 aromatic carbocycles. The van der Waals surface area contributed by atoms with Crippen LogP contribution in [0.15, 0.2) is 91.0 Å². The van der Waals surface area contributed by atoms with Gasteiger partial charge in [0.2, 0.25) is 0 Å². The summed E-state index contributed by atoms with van der Waals surface area (Å²) in [4.78, 5) is 0. The fraction of sp³-hybridized carbons (Fsp3) is 0.556. The molecule has 4 rings (SSSR count). The van der Waals surface area contributed by atoms with E-state index in [-0.39, 0.29) is 0 Å². The zero-order valence-corrected chi connectivity index (χ0v) is 36.5. The van der Waals surface area contributed by atoms with Gasteiger partial charge in [-0.05, 0) is 36.0 Å². The number of hydrogen-bond donors (Lipinski definition) is 0. The molecule has 0 radical (unpaired) electrons. The predicted molar refractivity (Wildman–Crippen MR) is 247 cm³/mol. The number of benzene rings is 4. The molecule has 0 aliphatic heterocycles. The van der Waals surface area contributed by atoms with Crippen molar-refractivity contribution in [1.82, 2.24) is 0 Å². The van der Waals surface area contributed by atoms with E-state index >= 15 is 0 Å². The van der Waals surface area contributed by atoms with Crippen LogP contribution >= 0.6 is 0 Å². The Hall–Kier alpha value is -3.72. The first-order valence-electron chi connectivity index (χ1n) is 23.6. The fourth-order valence-corrected chi connectivity index (χ4v) is 7.95. The second-order valence-corrected chi connectivity index (χ2v) is 16.2. The highest BCUT2D eigenvalue weighted by molar-refractivity contribution is 5.99. The molecule has 0 saturated heterocycles. The van der Waals surface area contributed by atoms with Crippen LogP contribution in [0.5, 0.6) is 17.2 Å². The lowest BCUT2D eigenvalue weighted by Crippen LogP contribution is -2.09. The van der Waals surface area contributed by atoms with Gasteiger partial charge in [-0.15, -0.1) is 0 Å². The van der Waals surface area contributed by atoms with E-state index in [9.17, 15) is 0 Å². The molecule has 0 fully saturated rings. The summed E-state index contributed by atoms with van der Waals surface area (Å²) in [6, 6.07) is 32.4. The Morgan fingerprint density at radius 1 is 0.263 bits per heavy atom. The van der Waals surface area contributed by atoms with Crippen LogP contribution in [0.4, 0.5) is 0 Å². The Bertz CT molecular complexity index is 1360. The predicted octanol–water partition coefficient (Wildman–Crippen LogP) is 17.2. The molecule has 0 saturated carbocycles. The largest absolute Gasteiger partial charge is 0.492 e. The molecule has 0 atom stereocenters. The van der Waals surface area contributed by atoms with Gasteiger partial charge in [-0.25, -0.2) is 0 Å². The molecule has 3 nitrogen and oxygen atoms in total. The highest BCUT2D eigenvalue weighted by Crippen LogP contribution is 2.57. The van der Waals surface area contributed by atoms with Crippen molar-refractivity contribution in [2.75, 3.05) is 19.8 Å². The van der Waals surface area contributed by atoms with Gasteiger partial charge in [-0.3, -0.25) is 0 Å². The molecule has 4 aromatic rings. The number of unbranched alkanes of at least 4 members (excludes halogenated alkanes) is 21. The minimum absolute atomic E-state index is 0.661. The average molecular weight is 775 g/mol. The first kappa shape index (κ1) is 46.0. The molecule has 0 aromatic heterocycles. The van der Waals surface area contributed by atoms with E-state index < -0.39 is 0 Å². The van der Waals surface area contributed by atoms with Crippen molar-refractivity contribution in [3.05, 3.63) is 91.0 Å². The maximum Gasteiger partial charge on any atom is 0.142 e. The molecular formula is C54H78O3. The Morgan fingerprint density at radius 2 is 0.474 bits per heavy atom. The first-order valence-corrected chi connectivity index (χ1v) is 23.6. The molecule has 0 spiro atoms. The molecule has 0 amide bonds. The van der Waals surface area contributed by atoms with E-state index in [1.165, 1.54) is 135 Å². The highest BCUT2D eigenvalue weighted by Gasteiger charge is 2.30. The van der Waals surface area contributed by atoms with Gasteiger partial charge in [0.15, 0.2) is 0 Å². The van der Waals surface area contributed by atoms with Crippen LogP contribution in [0, 0.1) is 0 Å². The van der Waals surface area contributed by atoms with Gasteiger partial charge in [0, 0.05) is 0 Å². The van der Waals surface area contributed by atoms with Gasteiger partial charge >= 0.3 is 0 Å². The maximum atomic E-state index is 7.12. The SMILES string of the molecule is CCCCCCCCCCOc1c(-c2ccccc2)c(OCCCCCCCCCC)c(-c2ccccc2)c(OCCCCCCCCCC)c1-c1ccccc1. The molecular weight excluding hydrogens is 697 g/mol. The quantitative estimate of drug-likeness (QED) is 0.0451. The van der Waals surface area contributed by atoms with Crippen molar-refractivity contribution < 1.29 is 14.2 Å². The Morgan fingerprint density at radius 3 is 0.702 bits per heavy atom. The van der Waals surface area contributed by atoms with Crippen molar-refractivity contribution in [2.24, 2.45) is 0 Å². The monoisotopic (exact) mass is 775 g/mol. The summed E-state index contributed by atoms with van der Waals surface area (Å²) in [6.07, 6.45) is 30.3. The van der Waals surface area contributed by atoms with Crippen LogP contribution in [0.3, 0.4) is 0 Å². The molecule has 0 heterocycles. The molecule has 3 heteroatoms. The van der Waals surface area contributed by atoms with E-state index in [1.807, 2.05) is 0 Å². The van der Waals surface area contributed by atoms with Gasteiger partial charge in [0.25, 0.3) is 0 Å². The van der Waals surface area contributed by atoms with Crippen molar-refractivity contribution >= 4 is 0 Å². The Balaban J connectivity index is 1.75. The second kappa shape index (κ2) is 29.5. The van der Waals surface area contributed by atoms with Crippen LogP contribution in [0.25, 0.3) is 33.4 Å². The third-order valence-corrected chi connectivity index (χ3v) is 11.3. The Kier molecular flexibility index (Phi) is 23.8. The molecule has 0 aliphatic carbocycles. The summed E-state index contributed by atoms with van der Waals surface area (Å²) < 4.78 is 21.4. The van der Waals surface area contributed by atoms with E-state index in [0.717, 1.165) is 69.9 Å². The number of ether oxygens (including phenoxy) is 3. The lowest BCUT2D eigenvalue weighted by Gasteiger charge is -2.27. The smallest absolute Gasteiger partial charge is 0.142 e. The first-order chi connectivity index (χ1) is 28.3. The fourth-order valence-electron chi connectivity index (χ4n) is 7.95. The van der Waals surface area contributed by atoms with Gasteiger partial charge < -0.3 is 14.2 Å². The van der Waals surface area contributed by atoms with Crippen LogP contribution in [-0.2, 0) is 0 Å². The van der Waals surface area contributed by atoms with Crippen LogP contribution in [0.1, 0.15) is 175 Å². The van der Waals surface area contributed by atoms with Crippen molar-refractivity contribution in [3.8, 4) is 50.6 Å². The molecule has 0 unspecified atom stereocenters. The van der Waals surface area contributed by atoms with Crippen molar-refractivity contribution in [2.45, 2.75) is 175 Å². The third kappa shape index (κ3) is 16.6. The van der Waals surface area contributed by atoms with E-state index in [2.05, 4.69) is 112 Å². The van der Waals surface area contributed by atoms with Crippen LogP contribution in [0.2, 0.25) is 0 Å². The van der Waals surface area contributed by atoms with Crippen LogP contribution < -0.4 is 14.2 Å². The Labute approximate surface area is 349 Å². The average Bonchev–Trinajstić information content (AvgIpc) is 3.25. The van der Waals surface area contributed by atoms with E-state index in [4.69, 9.17) is 14.2 Å². The van der Waals surface area contributed by atoms with Gasteiger partial charge in [-0.1, -0.05) is 247 Å². The molecule has 312 valence electrons. The second-order valence-electron chi connectivity index (χ2n) is 16.2. The number of hydrogen-bond acceptors (Lipinski definition) is 3. The summed E-state index contributed by atoms with van der Waals surface area (Å²) in [6.45, 7) is 8.85. The molecule has 57 heavy (non-hydrogen) atoms. The third-order valence-electron chi connectivity index (χ3n) is 11.3. The summed E-state index contributed by atoms with van der Waals surface area (Å²) in [5, 5.41) is 0.